The van der Waals surface area contributed by atoms with E-state index < -0.39 is 13.9 Å². The second kappa shape index (κ2) is 4.44. The summed E-state index contributed by atoms with van der Waals surface area (Å²) in [5, 5.41) is 12.3. The number of rotatable bonds is 2. The first kappa shape index (κ1) is 13.4. The van der Waals surface area contributed by atoms with Crippen molar-refractivity contribution in [3.63, 3.8) is 0 Å². The lowest BCUT2D eigenvalue weighted by Crippen LogP contribution is -2.41. The third-order valence-corrected chi connectivity index (χ3v) is 4.79. The van der Waals surface area contributed by atoms with Crippen molar-refractivity contribution in [2.75, 3.05) is 0 Å². The summed E-state index contributed by atoms with van der Waals surface area (Å²) in [6.07, 6.45) is 1.66. The van der Waals surface area contributed by atoms with Gasteiger partial charge in [0.15, 0.2) is 13.9 Å². The van der Waals surface area contributed by atoms with Crippen LogP contribution in [0.15, 0.2) is 36.4 Å². The number of nitriles is 1. The Hall–Kier alpha value is -1.63. The van der Waals surface area contributed by atoms with Crippen molar-refractivity contribution in [1.82, 2.24) is 0 Å². The normalized spacial score (nSPS) is 21.7. The Morgan fingerprint density at radius 2 is 1.85 bits per heavy atom. The summed E-state index contributed by atoms with van der Waals surface area (Å²) in [6, 6.07) is 15.1. The minimum Gasteiger partial charge on any atom is -0.396 e. The average Bonchev–Trinajstić information content (AvgIpc) is 2.41. The second-order valence-corrected chi connectivity index (χ2v) is 10.9. The van der Waals surface area contributed by atoms with Gasteiger partial charge in [-0.2, -0.15) is 5.26 Å². The average molecular weight is 281 g/mol. The van der Waals surface area contributed by atoms with Crippen LogP contribution in [-0.2, 0) is 16.4 Å². The summed E-state index contributed by atoms with van der Waals surface area (Å²) in [5.41, 5.74) is 1.63. The molecule has 0 radical (unpaired) electrons. The molecule has 0 amide bonds. The Kier molecular flexibility index (Phi) is 2.97. The lowest BCUT2D eigenvalue weighted by Gasteiger charge is -2.37. The van der Waals surface area contributed by atoms with Crippen LogP contribution >= 0.6 is 0 Å². The maximum Gasteiger partial charge on any atom is 0.186 e. The highest BCUT2D eigenvalue weighted by Crippen LogP contribution is 2.42. The van der Waals surface area contributed by atoms with Crippen LogP contribution in [0, 0.1) is 11.3 Å². The van der Waals surface area contributed by atoms with Crippen molar-refractivity contribution in [1.29, 1.82) is 5.26 Å². The van der Waals surface area contributed by atoms with Crippen LogP contribution in [0.4, 0.5) is 0 Å². The number of benzene rings is 2. The van der Waals surface area contributed by atoms with Crippen LogP contribution in [0.1, 0.15) is 17.5 Å². The van der Waals surface area contributed by atoms with Gasteiger partial charge in [-0.05, 0) is 48.8 Å². The highest BCUT2D eigenvalue weighted by Gasteiger charge is 2.41. The lowest BCUT2D eigenvalue weighted by molar-refractivity contribution is 0.108. The standard InChI is InChI=1S/C17H19NOSi/c1-20(2,3)19-17(12-18)11-10-14-7-4-6-13-8-5-9-15(17)16(13)14/h4-9H,10-11H2,1-3H3. The minimum atomic E-state index is -1.80. The molecule has 0 aromatic heterocycles. The predicted octanol–water partition coefficient (Wildman–Crippen LogP) is 4.36. The summed E-state index contributed by atoms with van der Waals surface area (Å²) in [5.74, 6) is 0. The lowest BCUT2D eigenvalue weighted by atomic mass is 9.79. The highest BCUT2D eigenvalue weighted by molar-refractivity contribution is 6.69. The highest BCUT2D eigenvalue weighted by atomic mass is 28.4. The molecule has 102 valence electrons. The molecule has 1 unspecified atom stereocenters. The number of hydrogen-bond donors (Lipinski definition) is 0. The van der Waals surface area contributed by atoms with Crippen LogP contribution < -0.4 is 0 Å². The number of aryl methyl sites for hydroxylation is 1. The molecule has 0 aliphatic heterocycles. The van der Waals surface area contributed by atoms with Gasteiger partial charge in [0.2, 0.25) is 0 Å². The Bertz CT molecular complexity index is 706. The smallest absolute Gasteiger partial charge is 0.186 e. The van der Waals surface area contributed by atoms with Crippen LogP contribution in [0.2, 0.25) is 19.6 Å². The Balaban J connectivity index is 2.27. The molecule has 0 saturated carbocycles. The third kappa shape index (κ3) is 2.06. The van der Waals surface area contributed by atoms with Gasteiger partial charge in [-0.25, -0.2) is 0 Å². The van der Waals surface area contributed by atoms with Gasteiger partial charge < -0.3 is 4.43 Å². The SMILES string of the molecule is C[Si](C)(C)OC1(C#N)CCc2cccc3cccc1c23. The number of hydrogen-bond acceptors (Lipinski definition) is 2. The van der Waals surface area contributed by atoms with E-state index in [0.29, 0.717) is 0 Å². The summed E-state index contributed by atoms with van der Waals surface area (Å²) in [7, 11) is -1.80. The van der Waals surface area contributed by atoms with E-state index in [0.717, 1.165) is 18.4 Å². The van der Waals surface area contributed by atoms with Crippen molar-refractivity contribution in [2.24, 2.45) is 0 Å². The van der Waals surface area contributed by atoms with Crippen molar-refractivity contribution in [2.45, 2.75) is 38.1 Å². The van der Waals surface area contributed by atoms with Crippen molar-refractivity contribution in [3.05, 3.63) is 47.5 Å². The molecular formula is C17H19NOSi. The number of nitrogens with zero attached hydrogens (tertiary/aromatic N) is 1. The largest absolute Gasteiger partial charge is 0.396 e. The quantitative estimate of drug-likeness (QED) is 0.766. The molecule has 3 heteroatoms. The molecule has 0 heterocycles. The predicted molar refractivity (Wildman–Crippen MR) is 84.0 cm³/mol. The van der Waals surface area contributed by atoms with Gasteiger partial charge in [-0.15, -0.1) is 0 Å². The van der Waals surface area contributed by atoms with Gasteiger partial charge in [0.05, 0.1) is 0 Å². The van der Waals surface area contributed by atoms with Crippen LogP contribution in [0.5, 0.6) is 0 Å². The van der Waals surface area contributed by atoms with Crippen LogP contribution in [0.25, 0.3) is 10.8 Å². The molecule has 0 N–H and O–H groups in total. The zero-order valence-electron chi connectivity index (χ0n) is 12.2. The van der Waals surface area contributed by atoms with Crippen LogP contribution in [0.3, 0.4) is 0 Å². The van der Waals surface area contributed by atoms with E-state index in [-0.39, 0.29) is 0 Å². The molecular weight excluding hydrogens is 262 g/mol. The first-order valence-corrected chi connectivity index (χ1v) is 10.5. The zero-order chi connectivity index (χ0) is 14.4. The summed E-state index contributed by atoms with van der Waals surface area (Å²) in [6.45, 7) is 6.44. The Labute approximate surface area is 121 Å². The maximum absolute atomic E-state index is 9.83. The summed E-state index contributed by atoms with van der Waals surface area (Å²) in [4.78, 5) is 0. The van der Waals surface area contributed by atoms with E-state index in [4.69, 9.17) is 4.43 Å². The van der Waals surface area contributed by atoms with Crippen molar-refractivity contribution >= 4 is 19.1 Å². The Morgan fingerprint density at radius 1 is 1.15 bits per heavy atom. The molecule has 0 bridgehead atoms. The Morgan fingerprint density at radius 3 is 2.50 bits per heavy atom. The molecule has 1 atom stereocenters. The first-order valence-electron chi connectivity index (χ1n) is 7.08. The fourth-order valence-electron chi connectivity index (χ4n) is 3.18. The molecule has 20 heavy (non-hydrogen) atoms. The minimum absolute atomic E-state index is 0.754. The molecule has 0 saturated heterocycles. The maximum atomic E-state index is 9.83. The van der Waals surface area contributed by atoms with E-state index in [1.54, 1.807) is 0 Å². The molecule has 1 aliphatic rings. The van der Waals surface area contributed by atoms with Gasteiger partial charge in [0.25, 0.3) is 0 Å². The second-order valence-electron chi connectivity index (χ2n) is 6.47. The fourth-order valence-corrected chi connectivity index (χ4v) is 4.48. The monoisotopic (exact) mass is 281 g/mol. The zero-order valence-corrected chi connectivity index (χ0v) is 13.2. The molecule has 2 aromatic rings. The third-order valence-electron chi connectivity index (χ3n) is 3.83. The van der Waals surface area contributed by atoms with E-state index in [2.05, 4.69) is 56.0 Å². The van der Waals surface area contributed by atoms with Gasteiger partial charge in [-0.1, -0.05) is 36.4 Å². The van der Waals surface area contributed by atoms with E-state index >= 15 is 0 Å². The summed E-state index contributed by atoms with van der Waals surface area (Å²) >= 11 is 0. The van der Waals surface area contributed by atoms with Crippen molar-refractivity contribution in [3.8, 4) is 6.07 Å². The van der Waals surface area contributed by atoms with Gasteiger partial charge in [0, 0.05) is 5.56 Å². The molecule has 1 aliphatic carbocycles. The fraction of sp³-hybridized carbons (Fsp3) is 0.353. The topological polar surface area (TPSA) is 33.0 Å². The van der Waals surface area contributed by atoms with Gasteiger partial charge in [-0.3, -0.25) is 0 Å². The molecule has 3 rings (SSSR count). The van der Waals surface area contributed by atoms with Crippen LogP contribution in [-0.4, -0.2) is 8.32 Å². The van der Waals surface area contributed by atoms with E-state index in [1.165, 1.54) is 16.3 Å². The van der Waals surface area contributed by atoms with E-state index in [9.17, 15) is 5.26 Å². The molecule has 2 nitrogen and oxygen atoms in total. The molecule has 0 spiro atoms. The first-order chi connectivity index (χ1) is 9.45. The van der Waals surface area contributed by atoms with Gasteiger partial charge >= 0.3 is 0 Å². The van der Waals surface area contributed by atoms with Gasteiger partial charge in [0.1, 0.15) is 6.07 Å². The van der Waals surface area contributed by atoms with Crippen molar-refractivity contribution < 1.29 is 4.43 Å². The van der Waals surface area contributed by atoms with E-state index in [1.807, 2.05) is 6.07 Å². The molecule has 0 fully saturated rings. The summed E-state index contributed by atoms with van der Waals surface area (Å²) < 4.78 is 6.34. The molecule has 2 aromatic carbocycles.